The highest BCUT2D eigenvalue weighted by atomic mass is 35.5. The highest BCUT2D eigenvalue weighted by Crippen LogP contribution is 2.28. The summed E-state index contributed by atoms with van der Waals surface area (Å²) in [5.41, 5.74) is 2.14. The molecule has 5 nitrogen and oxygen atoms in total. The molecular weight excluding hydrogens is 252 g/mol. The third-order valence-electron chi connectivity index (χ3n) is 1.99. The Morgan fingerprint density at radius 1 is 1.33 bits per heavy atom. The number of oxime groups is 1. The molecule has 2 heterocycles. The van der Waals surface area contributed by atoms with E-state index >= 15 is 0 Å². The molecule has 0 aliphatic carbocycles. The van der Waals surface area contributed by atoms with Crippen LogP contribution < -0.4 is 4.84 Å². The zero-order chi connectivity index (χ0) is 13.0. The van der Waals surface area contributed by atoms with Gasteiger partial charge in [0.15, 0.2) is 10.9 Å². The van der Waals surface area contributed by atoms with Crippen molar-refractivity contribution >= 4 is 17.3 Å². The zero-order valence-corrected chi connectivity index (χ0v) is 10.7. The van der Waals surface area contributed by atoms with Crippen LogP contribution in [0.2, 0.25) is 5.15 Å². The van der Waals surface area contributed by atoms with E-state index in [0.717, 1.165) is 11.3 Å². The third kappa shape index (κ3) is 3.01. The summed E-state index contributed by atoms with van der Waals surface area (Å²) in [6.45, 7) is 3.67. The van der Waals surface area contributed by atoms with E-state index in [1.807, 2.05) is 26.0 Å². The lowest BCUT2D eigenvalue weighted by atomic mass is 10.2. The Labute approximate surface area is 109 Å². The molecule has 0 aromatic carbocycles. The number of hydrogen-bond donors (Lipinski definition) is 0. The van der Waals surface area contributed by atoms with Gasteiger partial charge in [-0.2, -0.15) is 0 Å². The number of pyridine rings is 1. The Bertz CT molecular complexity index is 568. The monoisotopic (exact) mass is 262 g/mol. The van der Waals surface area contributed by atoms with E-state index in [-0.39, 0.29) is 5.15 Å². The first kappa shape index (κ1) is 12.4. The molecule has 0 bridgehead atoms. The Balaban J connectivity index is 2.44. The highest BCUT2D eigenvalue weighted by molar-refractivity contribution is 6.29. The molecule has 0 fully saturated rings. The van der Waals surface area contributed by atoms with Crippen molar-refractivity contribution in [3.8, 4) is 17.0 Å². The zero-order valence-electron chi connectivity index (χ0n) is 9.96. The predicted molar refractivity (Wildman–Crippen MR) is 69.7 cm³/mol. The van der Waals surface area contributed by atoms with Crippen molar-refractivity contribution in [3.05, 3.63) is 35.7 Å². The molecule has 0 saturated heterocycles. The van der Waals surface area contributed by atoms with Gasteiger partial charge in [-0.1, -0.05) is 16.8 Å². The highest BCUT2D eigenvalue weighted by Gasteiger charge is 2.11. The topological polar surface area (TPSA) is 60.3 Å². The van der Waals surface area contributed by atoms with Gasteiger partial charge in [-0.3, -0.25) is 4.98 Å². The molecule has 0 radical (unpaired) electrons. The summed E-state index contributed by atoms with van der Waals surface area (Å²) in [6.07, 6.45) is 3.36. The van der Waals surface area contributed by atoms with Crippen LogP contribution in [0.5, 0.6) is 5.75 Å². The smallest absolute Gasteiger partial charge is 0.189 e. The molecule has 0 unspecified atom stereocenters. The van der Waals surface area contributed by atoms with E-state index in [1.165, 1.54) is 0 Å². The van der Waals surface area contributed by atoms with Gasteiger partial charge in [0.1, 0.15) is 5.69 Å². The van der Waals surface area contributed by atoms with E-state index in [2.05, 4.69) is 20.3 Å². The third-order valence-corrected chi connectivity index (χ3v) is 2.18. The molecule has 0 N–H and O–H groups in total. The van der Waals surface area contributed by atoms with Gasteiger partial charge in [-0.05, 0) is 26.0 Å². The summed E-state index contributed by atoms with van der Waals surface area (Å²) in [5.74, 6) is 0.448. The molecule has 18 heavy (non-hydrogen) atoms. The van der Waals surface area contributed by atoms with Gasteiger partial charge in [0.25, 0.3) is 0 Å². The average molecular weight is 263 g/mol. The van der Waals surface area contributed by atoms with E-state index in [0.29, 0.717) is 11.4 Å². The summed E-state index contributed by atoms with van der Waals surface area (Å²) in [7, 11) is 0. The Morgan fingerprint density at radius 3 is 2.83 bits per heavy atom. The van der Waals surface area contributed by atoms with Crippen LogP contribution in [-0.2, 0) is 0 Å². The molecule has 6 heteroatoms. The number of hydrogen-bond acceptors (Lipinski definition) is 5. The van der Waals surface area contributed by atoms with Crippen LogP contribution in [0.3, 0.4) is 0 Å². The fraction of sp³-hybridized carbons (Fsp3) is 0.167. The quantitative estimate of drug-likeness (QED) is 0.630. The van der Waals surface area contributed by atoms with Gasteiger partial charge in [0.05, 0.1) is 5.71 Å². The van der Waals surface area contributed by atoms with Crippen molar-refractivity contribution < 1.29 is 4.84 Å². The molecule has 0 spiro atoms. The maximum atomic E-state index is 5.80. The molecule has 2 rings (SSSR count). The van der Waals surface area contributed by atoms with E-state index in [9.17, 15) is 0 Å². The minimum atomic E-state index is 0.251. The molecule has 92 valence electrons. The van der Waals surface area contributed by atoms with Crippen LogP contribution in [0.15, 0.2) is 35.7 Å². The van der Waals surface area contributed by atoms with Crippen LogP contribution in [0.1, 0.15) is 13.8 Å². The number of aromatic nitrogens is 3. The molecule has 0 amide bonds. The van der Waals surface area contributed by atoms with Crippen LogP contribution in [0.25, 0.3) is 11.3 Å². The van der Waals surface area contributed by atoms with E-state index < -0.39 is 0 Å². The Morgan fingerprint density at radius 2 is 2.17 bits per heavy atom. The number of halogens is 1. The lowest BCUT2D eigenvalue weighted by Gasteiger charge is -2.05. The fourth-order valence-electron chi connectivity index (χ4n) is 1.27. The van der Waals surface area contributed by atoms with Crippen LogP contribution in [0.4, 0.5) is 0 Å². The van der Waals surface area contributed by atoms with Crippen LogP contribution in [-0.4, -0.2) is 20.9 Å². The van der Waals surface area contributed by atoms with Gasteiger partial charge in [-0.25, -0.2) is 0 Å². The first-order chi connectivity index (χ1) is 8.66. The summed E-state index contributed by atoms with van der Waals surface area (Å²) in [5, 5.41) is 12.0. The van der Waals surface area contributed by atoms with Gasteiger partial charge >= 0.3 is 0 Å². The average Bonchev–Trinajstić information content (AvgIpc) is 2.37. The van der Waals surface area contributed by atoms with Gasteiger partial charge < -0.3 is 4.84 Å². The predicted octanol–water partition coefficient (Wildman–Crippen LogP) is 2.97. The number of nitrogens with zero attached hydrogens (tertiary/aromatic N) is 4. The second-order valence-corrected chi connectivity index (χ2v) is 4.14. The van der Waals surface area contributed by atoms with Crippen LogP contribution >= 0.6 is 11.6 Å². The van der Waals surface area contributed by atoms with E-state index in [4.69, 9.17) is 16.4 Å². The Hall–Kier alpha value is -2.01. The first-order valence-electron chi connectivity index (χ1n) is 5.28. The Kier molecular flexibility index (Phi) is 3.84. The molecule has 0 aliphatic heterocycles. The normalized spacial score (nSPS) is 9.94. The van der Waals surface area contributed by atoms with Gasteiger partial charge in [0, 0.05) is 24.0 Å². The van der Waals surface area contributed by atoms with Crippen molar-refractivity contribution in [2.75, 3.05) is 0 Å². The number of rotatable bonds is 3. The summed E-state index contributed by atoms with van der Waals surface area (Å²) in [6, 6.07) is 5.24. The minimum absolute atomic E-state index is 0.251. The van der Waals surface area contributed by atoms with Crippen molar-refractivity contribution in [1.29, 1.82) is 0 Å². The van der Waals surface area contributed by atoms with Crippen molar-refractivity contribution in [3.63, 3.8) is 0 Å². The summed E-state index contributed by atoms with van der Waals surface area (Å²) < 4.78 is 0. The van der Waals surface area contributed by atoms with E-state index in [1.54, 1.807) is 18.5 Å². The van der Waals surface area contributed by atoms with Gasteiger partial charge in [-0.15, -0.1) is 10.2 Å². The molecule has 0 atom stereocenters. The molecular formula is C12H11ClN4O. The fourth-order valence-corrected chi connectivity index (χ4v) is 1.40. The maximum absolute atomic E-state index is 5.80. The minimum Gasteiger partial charge on any atom is -0.355 e. The molecule has 2 aromatic heterocycles. The second kappa shape index (κ2) is 5.55. The summed E-state index contributed by atoms with van der Waals surface area (Å²) in [4.78, 5) is 9.33. The first-order valence-corrected chi connectivity index (χ1v) is 5.66. The largest absolute Gasteiger partial charge is 0.355 e. The summed E-state index contributed by atoms with van der Waals surface area (Å²) >= 11 is 5.80. The standard InChI is InChI=1S/C12H11ClN4O/c1-8(2)17-18-10-6-11(13)15-16-12(10)9-4-3-5-14-7-9/h3-7H,1-2H3. The molecule has 0 saturated carbocycles. The van der Waals surface area contributed by atoms with Crippen LogP contribution in [0, 0.1) is 0 Å². The van der Waals surface area contributed by atoms with Crippen molar-refractivity contribution in [1.82, 2.24) is 15.2 Å². The van der Waals surface area contributed by atoms with Crippen molar-refractivity contribution in [2.24, 2.45) is 5.16 Å². The lowest BCUT2D eigenvalue weighted by molar-refractivity contribution is 0.340. The van der Waals surface area contributed by atoms with Gasteiger partial charge in [0.2, 0.25) is 0 Å². The SMILES string of the molecule is CC(C)=NOc1cc(Cl)nnc1-c1cccnc1. The lowest BCUT2D eigenvalue weighted by Crippen LogP contribution is -1.96. The van der Waals surface area contributed by atoms with Crippen molar-refractivity contribution in [2.45, 2.75) is 13.8 Å². The molecule has 2 aromatic rings. The molecule has 0 aliphatic rings. The second-order valence-electron chi connectivity index (χ2n) is 3.75. The maximum Gasteiger partial charge on any atom is 0.189 e.